The minimum atomic E-state index is -3.88. The van der Waals surface area contributed by atoms with Crippen molar-refractivity contribution in [3.05, 3.63) is 29.8 Å². The molecule has 3 N–H and O–H groups in total. The molecule has 0 spiro atoms. The number of aliphatic hydroxyl groups excluding tert-OH is 1. The molecule has 0 unspecified atom stereocenters. The Morgan fingerprint density at radius 1 is 1.17 bits per heavy atom. The Morgan fingerprint density at radius 2 is 1.78 bits per heavy atom. The molecule has 0 atom stereocenters. The molecule has 1 saturated carbocycles. The lowest BCUT2D eigenvalue weighted by Gasteiger charge is -2.35. The first-order valence-electron chi connectivity index (χ1n) is 7.85. The van der Waals surface area contributed by atoms with Crippen LogP contribution >= 0.6 is 0 Å². The van der Waals surface area contributed by atoms with Gasteiger partial charge in [0.25, 0.3) is 10.0 Å². The van der Waals surface area contributed by atoms with Crippen molar-refractivity contribution in [2.45, 2.75) is 43.9 Å². The van der Waals surface area contributed by atoms with Crippen LogP contribution in [0, 0.1) is 12.3 Å². The lowest BCUT2D eigenvalue weighted by Crippen LogP contribution is -2.46. The zero-order valence-electron chi connectivity index (χ0n) is 13.3. The third-order valence-electron chi connectivity index (χ3n) is 4.43. The monoisotopic (exact) mass is 340 g/mol. The maximum Gasteiger partial charge on any atom is 0.328 e. The second-order valence-corrected chi connectivity index (χ2v) is 8.00. The van der Waals surface area contributed by atoms with E-state index < -0.39 is 16.1 Å². The number of hydrogen-bond acceptors (Lipinski definition) is 4. The maximum atomic E-state index is 12.1. The van der Waals surface area contributed by atoms with Gasteiger partial charge < -0.3 is 10.4 Å². The number of nitrogens with one attached hydrogen (secondary N) is 2. The van der Waals surface area contributed by atoms with E-state index in [1.54, 1.807) is 12.1 Å². The van der Waals surface area contributed by atoms with Crippen molar-refractivity contribution in [2.24, 2.45) is 5.41 Å². The van der Waals surface area contributed by atoms with Crippen molar-refractivity contribution in [3.8, 4) is 0 Å². The quantitative estimate of drug-likeness (QED) is 0.763. The lowest BCUT2D eigenvalue weighted by molar-refractivity contribution is 0.0837. The van der Waals surface area contributed by atoms with E-state index in [-0.39, 0.29) is 23.5 Å². The SMILES string of the molecule is Cc1ccc(S(=O)(=O)NC(=O)NCC2(CO)CCCCC2)cc1. The van der Waals surface area contributed by atoms with Gasteiger partial charge in [-0.1, -0.05) is 37.0 Å². The van der Waals surface area contributed by atoms with E-state index in [9.17, 15) is 18.3 Å². The average Bonchev–Trinajstić information content (AvgIpc) is 2.54. The van der Waals surface area contributed by atoms with E-state index >= 15 is 0 Å². The molecule has 0 saturated heterocycles. The van der Waals surface area contributed by atoms with Crippen molar-refractivity contribution >= 4 is 16.1 Å². The van der Waals surface area contributed by atoms with E-state index in [1.165, 1.54) is 12.1 Å². The van der Waals surface area contributed by atoms with Gasteiger partial charge in [0.05, 0.1) is 11.5 Å². The summed E-state index contributed by atoms with van der Waals surface area (Å²) in [7, 11) is -3.88. The Kier molecular flexibility index (Phi) is 5.64. The largest absolute Gasteiger partial charge is 0.396 e. The number of benzene rings is 1. The van der Waals surface area contributed by atoms with Crippen molar-refractivity contribution in [3.63, 3.8) is 0 Å². The van der Waals surface area contributed by atoms with Crippen molar-refractivity contribution in [1.82, 2.24) is 10.0 Å². The number of sulfonamides is 1. The Hall–Kier alpha value is -1.60. The van der Waals surface area contributed by atoms with Gasteiger partial charge in [-0.15, -0.1) is 0 Å². The highest BCUT2D eigenvalue weighted by molar-refractivity contribution is 7.90. The summed E-state index contributed by atoms with van der Waals surface area (Å²) in [5, 5.41) is 12.2. The highest BCUT2D eigenvalue weighted by atomic mass is 32.2. The van der Waals surface area contributed by atoms with E-state index in [1.807, 2.05) is 11.6 Å². The first-order chi connectivity index (χ1) is 10.9. The van der Waals surface area contributed by atoms with Gasteiger partial charge in [0.1, 0.15) is 0 Å². The van der Waals surface area contributed by atoms with Crippen LogP contribution in [-0.2, 0) is 10.0 Å². The number of hydrogen-bond donors (Lipinski definition) is 3. The van der Waals surface area contributed by atoms with E-state index in [0.29, 0.717) is 0 Å². The van der Waals surface area contributed by atoms with Gasteiger partial charge in [0.15, 0.2) is 0 Å². The molecular formula is C16H24N2O4S. The summed E-state index contributed by atoms with van der Waals surface area (Å²) in [4.78, 5) is 12.0. The second-order valence-electron chi connectivity index (χ2n) is 6.32. The number of aliphatic hydroxyl groups is 1. The van der Waals surface area contributed by atoms with Crippen LogP contribution in [0.15, 0.2) is 29.2 Å². The summed E-state index contributed by atoms with van der Waals surface area (Å²) < 4.78 is 26.3. The summed E-state index contributed by atoms with van der Waals surface area (Å²) in [5.41, 5.74) is 0.610. The smallest absolute Gasteiger partial charge is 0.328 e. The molecule has 0 bridgehead atoms. The van der Waals surface area contributed by atoms with Gasteiger partial charge in [-0.25, -0.2) is 17.9 Å². The fraction of sp³-hybridized carbons (Fsp3) is 0.562. The molecule has 6 nitrogen and oxygen atoms in total. The van der Waals surface area contributed by atoms with Crippen LogP contribution in [0.1, 0.15) is 37.7 Å². The third-order valence-corrected chi connectivity index (χ3v) is 5.78. The van der Waals surface area contributed by atoms with Crippen LogP contribution in [0.25, 0.3) is 0 Å². The van der Waals surface area contributed by atoms with Gasteiger partial charge in [0, 0.05) is 12.0 Å². The first kappa shape index (κ1) is 17.7. The summed E-state index contributed by atoms with van der Waals surface area (Å²) in [5.74, 6) is 0. The predicted molar refractivity (Wildman–Crippen MR) is 87.5 cm³/mol. The highest BCUT2D eigenvalue weighted by Crippen LogP contribution is 2.35. The molecule has 1 fully saturated rings. The summed E-state index contributed by atoms with van der Waals surface area (Å²) in [6.45, 7) is 2.13. The maximum absolute atomic E-state index is 12.1. The number of carbonyl (C=O) groups excluding carboxylic acids is 1. The first-order valence-corrected chi connectivity index (χ1v) is 9.33. The van der Waals surface area contributed by atoms with E-state index in [0.717, 1.165) is 37.7 Å². The molecule has 2 amide bonds. The number of urea groups is 1. The van der Waals surface area contributed by atoms with E-state index in [4.69, 9.17) is 0 Å². The zero-order chi connectivity index (χ0) is 16.9. The van der Waals surface area contributed by atoms with Crippen molar-refractivity contribution < 1.29 is 18.3 Å². The molecule has 1 aliphatic rings. The molecule has 7 heteroatoms. The third kappa shape index (κ3) is 4.68. The molecule has 0 heterocycles. The van der Waals surface area contributed by atoms with Crippen LogP contribution in [0.5, 0.6) is 0 Å². The highest BCUT2D eigenvalue weighted by Gasteiger charge is 2.32. The fourth-order valence-corrected chi connectivity index (χ4v) is 3.82. The Labute approximate surface area is 137 Å². The van der Waals surface area contributed by atoms with Crippen LogP contribution < -0.4 is 10.0 Å². The molecular weight excluding hydrogens is 316 g/mol. The molecule has 23 heavy (non-hydrogen) atoms. The topological polar surface area (TPSA) is 95.5 Å². The van der Waals surface area contributed by atoms with Crippen molar-refractivity contribution in [2.75, 3.05) is 13.2 Å². The Bertz CT molecular complexity index is 635. The number of rotatable bonds is 5. The standard InChI is InChI=1S/C16H24N2O4S/c1-13-5-7-14(8-6-13)23(21,22)18-15(20)17-11-16(12-19)9-3-2-4-10-16/h5-8,19H,2-4,9-12H2,1H3,(H2,17,18,20). The van der Waals surface area contributed by atoms with Crippen LogP contribution in [-0.4, -0.2) is 32.7 Å². The molecule has 1 aliphatic carbocycles. The number of aryl methyl sites for hydroxylation is 1. The number of amides is 2. The molecule has 0 radical (unpaired) electrons. The summed E-state index contributed by atoms with van der Waals surface area (Å²) >= 11 is 0. The predicted octanol–water partition coefficient (Wildman–Crippen LogP) is 1.93. The van der Waals surface area contributed by atoms with Crippen LogP contribution in [0.2, 0.25) is 0 Å². The lowest BCUT2D eigenvalue weighted by atomic mass is 9.74. The average molecular weight is 340 g/mol. The summed E-state index contributed by atoms with van der Waals surface area (Å²) in [6, 6.07) is 5.51. The van der Waals surface area contributed by atoms with Gasteiger partial charge >= 0.3 is 6.03 Å². The van der Waals surface area contributed by atoms with Crippen LogP contribution in [0.3, 0.4) is 0 Å². The Balaban J connectivity index is 1.94. The molecule has 0 aromatic heterocycles. The molecule has 2 rings (SSSR count). The fourth-order valence-electron chi connectivity index (χ4n) is 2.89. The Morgan fingerprint density at radius 3 is 2.35 bits per heavy atom. The zero-order valence-corrected chi connectivity index (χ0v) is 14.2. The van der Waals surface area contributed by atoms with E-state index in [2.05, 4.69) is 5.32 Å². The second kappa shape index (κ2) is 7.31. The molecule has 128 valence electrons. The minimum Gasteiger partial charge on any atom is -0.396 e. The van der Waals surface area contributed by atoms with Crippen molar-refractivity contribution in [1.29, 1.82) is 0 Å². The van der Waals surface area contributed by atoms with Gasteiger partial charge in [-0.05, 0) is 31.9 Å². The minimum absolute atomic E-state index is 0.00199. The molecule has 0 aliphatic heterocycles. The van der Waals surface area contributed by atoms with Crippen LogP contribution in [0.4, 0.5) is 4.79 Å². The normalized spacial score (nSPS) is 17.5. The molecule has 1 aromatic rings. The number of carbonyl (C=O) groups is 1. The summed E-state index contributed by atoms with van der Waals surface area (Å²) in [6.07, 6.45) is 4.86. The van der Waals surface area contributed by atoms with Gasteiger partial charge in [-0.2, -0.15) is 0 Å². The molecule has 1 aromatic carbocycles. The van der Waals surface area contributed by atoms with Gasteiger partial charge in [0.2, 0.25) is 0 Å². The van der Waals surface area contributed by atoms with Gasteiger partial charge in [-0.3, -0.25) is 0 Å².